The number of likely N-dealkylation sites (tertiary alicyclic amines) is 1. The highest BCUT2D eigenvalue weighted by atomic mass is 79.9. The highest BCUT2D eigenvalue weighted by molar-refractivity contribution is 9.11. The van der Waals surface area contributed by atoms with Gasteiger partial charge >= 0.3 is 0 Å². The van der Waals surface area contributed by atoms with E-state index >= 15 is 0 Å². The van der Waals surface area contributed by atoms with Crippen molar-refractivity contribution < 1.29 is 4.74 Å². The van der Waals surface area contributed by atoms with Crippen LogP contribution in [0.25, 0.3) is 0 Å². The van der Waals surface area contributed by atoms with Crippen LogP contribution >= 0.6 is 31.9 Å². The van der Waals surface area contributed by atoms with E-state index in [0.717, 1.165) is 27.8 Å². The Balaban J connectivity index is 1.68. The first-order valence-electron chi connectivity index (χ1n) is 7.65. The fourth-order valence-corrected chi connectivity index (χ4v) is 4.36. The third-order valence-corrected chi connectivity index (χ3v) is 5.05. The van der Waals surface area contributed by atoms with Gasteiger partial charge in [0.2, 0.25) is 0 Å². The van der Waals surface area contributed by atoms with Gasteiger partial charge in [-0.05, 0) is 95.0 Å². The van der Waals surface area contributed by atoms with E-state index in [2.05, 4.69) is 54.2 Å². The molecule has 118 valence electrons. The molecule has 1 saturated heterocycles. The number of rotatable bonds is 7. The first-order chi connectivity index (χ1) is 10.2. The van der Waals surface area contributed by atoms with Crippen molar-refractivity contribution in [3.8, 4) is 5.75 Å². The first-order valence-corrected chi connectivity index (χ1v) is 9.24. The number of ether oxygens (including phenoxy) is 1. The summed E-state index contributed by atoms with van der Waals surface area (Å²) in [5.74, 6) is 0.851. The zero-order chi connectivity index (χ0) is 15.1. The van der Waals surface area contributed by atoms with Crippen LogP contribution in [0, 0.1) is 0 Å². The molecule has 0 radical (unpaired) electrons. The predicted molar refractivity (Wildman–Crippen MR) is 95.0 cm³/mol. The van der Waals surface area contributed by atoms with Gasteiger partial charge in [0.05, 0.1) is 16.1 Å². The summed E-state index contributed by atoms with van der Waals surface area (Å²) in [4.78, 5) is 2.59. The molecule has 5 heteroatoms. The molecular weight excluding hydrogens is 396 g/mol. The number of benzene rings is 1. The number of hydrogen-bond acceptors (Lipinski definition) is 3. The Morgan fingerprint density at radius 1 is 1.14 bits per heavy atom. The van der Waals surface area contributed by atoms with Gasteiger partial charge in [0.15, 0.2) is 0 Å². The summed E-state index contributed by atoms with van der Waals surface area (Å²) in [6.45, 7) is 5.76. The summed E-state index contributed by atoms with van der Waals surface area (Å²) in [6.07, 6.45) is 5.39. The molecule has 0 aliphatic carbocycles. The van der Waals surface area contributed by atoms with Crippen LogP contribution in [0.4, 0.5) is 0 Å². The van der Waals surface area contributed by atoms with Crippen molar-refractivity contribution in [2.24, 2.45) is 0 Å². The second-order valence-electron chi connectivity index (χ2n) is 5.53. The third kappa shape index (κ3) is 5.55. The fourth-order valence-electron chi connectivity index (χ4n) is 2.75. The Hall–Kier alpha value is -0.100. The molecule has 1 aliphatic rings. The van der Waals surface area contributed by atoms with Crippen molar-refractivity contribution in [1.82, 2.24) is 10.2 Å². The van der Waals surface area contributed by atoms with Gasteiger partial charge in [0.25, 0.3) is 0 Å². The third-order valence-electron chi connectivity index (χ3n) is 3.87. The van der Waals surface area contributed by atoms with E-state index in [4.69, 9.17) is 4.74 Å². The molecule has 3 nitrogen and oxygen atoms in total. The van der Waals surface area contributed by atoms with Crippen LogP contribution in [0.2, 0.25) is 0 Å². The second-order valence-corrected chi connectivity index (χ2v) is 7.23. The molecule has 21 heavy (non-hydrogen) atoms. The van der Waals surface area contributed by atoms with Crippen LogP contribution in [-0.2, 0) is 6.54 Å². The summed E-state index contributed by atoms with van der Waals surface area (Å²) < 4.78 is 7.30. The smallest absolute Gasteiger partial charge is 0.147 e. The zero-order valence-corrected chi connectivity index (χ0v) is 15.8. The topological polar surface area (TPSA) is 24.5 Å². The Morgan fingerprint density at radius 2 is 1.81 bits per heavy atom. The van der Waals surface area contributed by atoms with Crippen LogP contribution in [0.1, 0.15) is 31.2 Å². The van der Waals surface area contributed by atoms with Crippen molar-refractivity contribution in [3.05, 3.63) is 26.6 Å². The molecule has 1 N–H and O–H groups in total. The van der Waals surface area contributed by atoms with Gasteiger partial charge in [-0.25, -0.2) is 0 Å². The van der Waals surface area contributed by atoms with Crippen molar-refractivity contribution in [1.29, 1.82) is 0 Å². The minimum absolute atomic E-state index is 0.851. The highest BCUT2D eigenvalue weighted by Gasteiger charge is 2.09. The molecule has 1 aromatic carbocycles. The van der Waals surface area contributed by atoms with Gasteiger partial charge < -0.3 is 15.0 Å². The van der Waals surface area contributed by atoms with E-state index in [1.54, 1.807) is 7.11 Å². The minimum atomic E-state index is 0.851. The molecule has 0 aromatic heterocycles. The molecule has 0 spiro atoms. The lowest BCUT2D eigenvalue weighted by atomic mass is 10.1. The summed E-state index contributed by atoms with van der Waals surface area (Å²) >= 11 is 7.09. The number of methoxy groups -OCH3 is 1. The molecule has 0 bridgehead atoms. The normalized spacial score (nSPS) is 16.1. The average molecular weight is 420 g/mol. The Kier molecular flexibility index (Phi) is 7.50. The Bertz CT molecular complexity index is 425. The SMILES string of the molecule is COc1c(Br)cc(CNCCCN2CCCCC2)cc1Br. The van der Waals surface area contributed by atoms with E-state index in [1.165, 1.54) is 50.9 Å². The molecule has 0 unspecified atom stereocenters. The molecule has 1 fully saturated rings. The minimum Gasteiger partial charge on any atom is -0.494 e. The molecule has 1 aliphatic heterocycles. The van der Waals surface area contributed by atoms with Crippen LogP contribution in [0.3, 0.4) is 0 Å². The second kappa shape index (κ2) is 9.13. The predicted octanol–water partition coefficient (Wildman–Crippen LogP) is 4.19. The average Bonchev–Trinajstić information content (AvgIpc) is 2.48. The summed E-state index contributed by atoms with van der Waals surface area (Å²) in [7, 11) is 1.68. The maximum absolute atomic E-state index is 5.32. The maximum atomic E-state index is 5.32. The summed E-state index contributed by atoms with van der Waals surface area (Å²) in [6, 6.07) is 4.22. The van der Waals surface area contributed by atoms with Gasteiger partial charge in [-0.1, -0.05) is 6.42 Å². The van der Waals surface area contributed by atoms with Crippen LogP contribution in [0.5, 0.6) is 5.75 Å². The molecular formula is C16H24Br2N2O. The van der Waals surface area contributed by atoms with Crippen molar-refractivity contribution in [3.63, 3.8) is 0 Å². The first kappa shape index (κ1) is 17.3. The number of piperidine rings is 1. The highest BCUT2D eigenvalue weighted by Crippen LogP contribution is 2.34. The van der Waals surface area contributed by atoms with E-state index in [-0.39, 0.29) is 0 Å². The van der Waals surface area contributed by atoms with Gasteiger partial charge in [-0.2, -0.15) is 0 Å². The quantitative estimate of drug-likeness (QED) is 0.670. The molecule has 1 aromatic rings. The number of halogens is 2. The standard InChI is InChI=1S/C16H24Br2N2O/c1-21-16-14(17)10-13(11-15(16)18)12-19-6-5-9-20-7-3-2-4-8-20/h10-11,19H,2-9,12H2,1H3. The van der Waals surface area contributed by atoms with Crippen LogP contribution in [-0.4, -0.2) is 38.2 Å². The van der Waals surface area contributed by atoms with Gasteiger partial charge in [0.1, 0.15) is 5.75 Å². The molecule has 0 saturated carbocycles. The van der Waals surface area contributed by atoms with E-state index < -0.39 is 0 Å². The monoisotopic (exact) mass is 418 g/mol. The molecule has 0 amide bonds. The zero-order valence-electron chi connectivity index (χ0n) is 12.6. The lowest BCUT2D eigenvalue weighted by Gasteiger charge is -2.26. The van der Waals surface area contributed by atoms with Gasteiger partial charge in [0, 0.05) is 6.54 Å². The number of nitrogens with one attached hydrogen (secondary N) is 1. The van der Waals surface area contributed by atoms with Crippen LogP contribution < -0.4 is 10.1 Å². The maximum Gasteiger partial charge on any atom is 0.147 e. The molecule has 0 atom stereocenters. The van der Waals surface area contributed by atoms with Crippen LogP contribution in [0.15, 0.2) is 21.1 Å². The van der Waals surface area contributed by atoms with Crippen molar-refractivity contribution >= 4 is 31.9 Å². The van der Waals surface area contributed by atoms with E-state index in [9.17, 15) is 0 Å². The molecule has 1 heterocycles. The van der Waals surface area contributed by atoms with Gasteiger partial charge in [-0.15, -0.1) is 0 Å². The van der Waals surface area contributed by atoms with E-state index in [0.29, 0.717) is 0 Å². The summed E-state index contributed by atoms with van der Waals surface area (Å²) in [5.41, 5.74) is 1.26. The lowest BCUT2D eigenvalue weighted by Crippen LogP contribution is -2.32. The van der Waals surface area contributed by atoms with Crippen molar-refractivity contribution in [2.75, 3.05) is 33.3 Å². The van der Waals surface area contributed by atoms with Crippen molar-refractivity contribution in [2.45, 2.75) is 32.2 Å². The Labute approximate surface area is 144 Å². The Morgan fingerprint density at radius 3 is 2.43 bits per heavy atom. The fraction of sp³-hybridized carbons (Fsp3) is 0.625. The molecule has 2 rings (SSSR count). The van der Waals surface area contributed by atoms with Gasteiger partial charge in [-0.3, -0.25) is 0 Å². The number of hydrogen-bond donors (Lipinski definition) is 1. The largest absolute Gasteiger partial charge is 0.494 e. The lowest BCUT2D eigenvalue weighted by molar-refractivity contribution is 0.225. The number of nitrogens with zero attached hydrogens (tertiary/aromatic N) is 1. The van der Waals surface area contributed by atoms with E-state index in [1.807, 2.05) is 0 Å². The summed E-state index contributed by atoms with van der Waals surface area (Å²) in [5, 5.41) is 3.52.